The van der Waals surface area contributed by atoms with Crippen molar-refractivity contribution in [2.45, 2.75) is 45.3 Å². The molecular formula is C27H32N4O2. The van der Waals surface area contributed by atoms with Crippen molar-refractivity contribution in [2.24, 2.45) is 7.05 Å². The molecule has 1 heterocycles. The minimum Gasteiger partial charge on any atom is -0.353 e. The number of hydrogen-bond donors (Lipinski definition) is 1. The molecule has 0 radical (unpaired) electrons. The van der Waals surface area contributed by atoms with Crippen molar-refractivity contribution >= 4 is 17.6 Å². The SMILES string of the molecule is CCc1cccc(NC(=O)N(CC(=O)N(Cc2ccccc2)Cc2cccn2C)C2CC2)c1. The summed E-state index contributed by atoms with van der Waals surface area (Å²) in [5.74, 6) is -0.0515. The van der Waals surface area contributed by atoms with E-state index < -0.39 is 0 Å². The molecule has 6 nitrogen and oxygen atoms in total. The van der Waals surface area contributed by atoms with Gasteiger partial charge in [-0.2, -0.15) is 0 Å². The van der Waals surface area contributed by atoms with Crippen LogP contribution in [-0.2, 0) is 31.4 Å². The molecule has 33 heavy (non-hydrogen) atoms. The Kier molecular flexibility index (Phi) is 7.13. The number of rotatable bonds is 9. The highest BCUT2D eigenvalue weighted by Crippen LogP contribution is 2.28. The number of carbonyl (C=O) groups is 2. The highest BCUT2D eigenvalue weighted by molar-refractivity contribution is 5.93. The van der Waals surface area contributed by atoms with Crippen molar-refractivity contribution < 1.29 is 9.59 Å². The van der Waals surface area contributed by atoms with E-state index in [2.05, 4.69) is 12.2 Å². The average Bonchev–Trinajstić information content (AvgIpc) is 3.59. The summed E-state index contributed by atoms with van der Waals surface area (Å²) in [5.41, 5.74) is 4.05. The number of anilines is 1. The van der Waals surface area contributed by atoms with Gasteiger partial charge in [0.05, 0.1) is 6.54 Å². The van der Waals surface area contributed by atoms with Gasteiger partial charge in [-0.3, -0.25) is 4.79 Å². The molecule has 2 aromatic carbocycles. The molecule has 4 rings (SSSR count). The second kappa shape index (κ2) is 10.4. The average molecular weight is 445 g/mol. The quantitative estimate of drug-likeness (QED) is 0.515. The Balaban J connectivity index is 1.49. The number of nitrogens with zero attached hydrogens (tertiary/aromatic N) is 3. The molecule has 6 heteroatoms. The second-order valence-electron chi connectivity index (χ2n) is 8.69. The number of amides is 3. The van der Waals surface area contributed by atoms with Gasteiger partial charge in [0, 0.05) is 37.2 Å². The lowest BCUT2D eigenvalue weighted by atomic mass is 10.1. The first-order valence-corrected chi connectivity index (χ1v) is 11.6. The van der Waals surface area contributed by atoms with Gasteiger partial charge < -0.3 is 19.7 Å². The van der Waals surface area contributed by atoms with Gasteiger partial charge in [0.25, 0.3) is 0 Å². The zero-order chi connectivity index (χ0) is 23.2. The number of urea groups is 1. The van der Waals surface area contributed by atoms with Gasteiger partial charge in [-0.05, 0) is 54.7 Å². The lowest BCUT2D eigenvalue weighted by molar-refractivity contribution is -0.133. The van der Waals surface area contributed by atoms with Gasteiger partial charge in [0.2, 0.25) is 5.91 Å². The number of aryl methyl sites for hydroxylation is 2. The predicted octanol–water partition coefficient (Wildman–Crippen LogP) is 4.81. The lowest BCUT2D eigenvalue weighted by Crippen LogP contribution is -2.45. The van der Waals surface area contributed by atoms with E-state index in [1.54, 1.807) is 4.90 Å². The molecule has 3 amide bonds. The molecular weight excluding hydrogens is 412 g/mol. The van der Waals surface area contributed by atoms with E-state index in [1.807, 2.05) is 89.4 Å². The largest absolute Gasteiger partial charge is 0.353 e. The van der Waals surface area contributed by atoms with Gasteiger partial charge in [-0.25, -0.2) is 4.79 Å². The van der Waals surface area contributed by atoms with Crippen LogP contribution in [0.2, 0.25) is 0 Å². The monoisotopic (exact) mass is 444 g/mol. The van der Waals surface area contributed by atoms with Crippen LogP contribution in [-0.4, -0.2) is 38.9 Å². The van der Waals surface area contributed by atoms with Crippen LogP contribution in [0.1, 0.15) is 36.6 Å². The van der Waals surface area contributed by atoms with Gasteiger partial charge in [0.1, 0.15) is 6.54 Å². The van der Waals surface area contributed by atoms with Crippen molar-refractivity contribution in [2.75, 3.05) is 11.9 Å². The third kappa shape index (κ3) is 6.04. The summed E-state index contributed by atoms with van der Waals surface area (Å²) >= 11 is 0. The fraction of sp³-hybridized carbons (Fsp3) is 0.333. The Labute approximate surface area is 195 Å². The molecule has 1 saturated carbocycles. The van der Waals surface area contributed by atoms with Crippen LogP contribution in [0.4, 0.5) is 10.5 Å². The maximum Gasteiger partial charge on any atom is 0.322 e. The van der Waals surface area contributed by atoms with Crippen molar-refractivity contribution in [1.82, 2.24) is 14.4 Å². The fourth-order valence-electron chi connectivity index (χ4n) is 3.96. The third-order valence-corrected chi connectivity index (χ3v) is 6.11. The van der Waals surface area contributed by atoms with E-state index in [0.717, 1.165) is 36.2 Å². The van der Waals surface area contributed by atoms with Crippen LogP contribution in [0, 0.1) is 0 Å². The second-order valence-corrected chi connectivity index (χ2v) is 8.69. The summed E-state index contributed by atoms with van der Waals surface area (Å²) in [5, 5.41) is 3.00. The summed E-state index contributed by atoms with van der Waals surface area (Å²) in [6.07, 6.45) is 4.76. The first kappa shape index (κ1) is 22.6. The Hall–Kier alpha value is -3.54. The molecule has 1 fully saturated rings. The van der Waals surface area contributed by atoms with E-state index in [4.69, 9.17) is 0 Å². The number of benzene rings is 2. The molecule has 1 N–H and O–H groups in total. The van der Waals surface area contributed by atoms with E-state index >= 15 is 0 Å². The van der Waals surface area contributed by atoms with E-state index in [-0.39, 0.29) is 24.5 Å². The summed E-state index contributed by atoms with van der Waals surface area (Å²) in [7, 11) is 1.98. The molecule has 0 atom stereocenters. The molecule has 0 bridgehead atoms. The van der Waals surface area contributed by atoms with E-state index in [9.17, 15) is 9.59 Å². The van der Waals surface area contributed by atoms with Crippen LogP contribution < -0.4 is 5.32 Å². The Morgan fingerprint density at radius 2 is 1.73 bits per heavy atom. The first-order valence-electron chi connectivity index (χ1n) is 11.6. The number of carbonyl (C=O) groups excluding carboxylic acids is 2. The van der Waals surface area contributed by atoms with E-state index in [0.29, 0.717) is 13.1 Å². The maximum absolute atomic E-state index is 13.5. The van der Waals surface area contributed by atoms with Crippen molar-refractivity contribution in [3.05, 3.63) is 89.7 Å². The number of hydrogen-bond acceptors (Lipinski definition) is 2. The van der Waals surface area contributed by atoms with Crippen LogP contribution >= 0.6 is 0 Å². The van der Waals surface area contributed by atoms with Gasteiger partial charge in [-0.15, -0.1) is 0 Å². The molecule has 0 aliphatic heterocycles. The Morgan fingerprint density at radius 3 is 2.39 bits per heavy atom. The van der Waals surface area contributed by atoms with Crippen molar-refractivity contribution in [1.29, 1.82) is 0 Å². The first-order chi connectivity index (χ1) is 16.0. The highest BCUT2D eigenvalue weighted by atomic mass is 16.2. The smallest absolute Gasteiger partial charge is 0.322 e. The number of aromatic nitrogens is 1. The van der Waals surface area contributed by atoms with Crippen molar-refractivity contribution in [3.63, 3.8) is 0 Å². The molecule has 3 aromatic rings. The zero-order valence-corrected chi connectivity index (χ0v) is 19.4. The molecule has 0 spiro atoms. The number of nitrogens with one attached hydrogen (secondary N) is 1. The Morgan fingerprint density at radius 1 is 0.970 bits per heavy atom. The fourth-order valence-corrected chi connectivity index (χ4v) is 3.96. The summed E-state index contributed by atoms with van der Waals surface area (Å²) in [6.45, 7) is 3.16. The van der Waals surface area contributed by atoms with Crippen molar-refractivity contribution in [3.8, 4) is 0 Å². The highest BCUT2D eigenvalue weighted by Gasteiger charge is 2.35. The Bertz CT molecular complexity index is 1090. The van der Waals surface area contributed by atoms with Gasteiger partial charge in [-0.1, -0.05) is 49.4 Å². The maximum atomic E-state index is 13.5. The van der Waals surface area contributed by atoms with Crippen LogP contribution in [0.25, 0.3) is 0 Å². The van der Waals surface area contributed by atoms with Gasteiger partial charge in [0.15, 0.2) is 0 Å². The molecule has 1 aliphatic carbocycles. The summed E-state index contributed by atoms with van der Waals surface area (Å²) in [4.78, 5) is 30.1. The summed E-state index contributed by atoms with van der Waals surface area (Å²) < 4.78 is 2.03. The normalized spacial score (nSPS) is 12.9. The minimum atomic E-state index is -0.211. The van der Waals surface area contributed by atoms with Gasteiger partial charge >= 0.3 is 6.03 Å². The minimum absolute atomic E-state index is 0.0515. The molecule has 1 aliphatic rings. The zero-order valence-electron chi connectivity index (χ0n) is 19.4. The van der Waals surface area contributed by atoms with Crippen LogP contribution in [0.15, 0.2) is 72.9 Å². The molecule has 1 aromatic heterocycles. The van der Waals surface area contributed by atoms with E-state index in [1.165, 1.54) is 5.56 Å². The standard InChI is InChI=1S/C27H32N4O2/c1-3-21-11-7-12-23(17-21)28-27(33)31(24-14-15-24)20-26(32)30(18-22-9-5-4-6-10-22)19-25-13-8-16-29(25)2/h4-13,16-17,24H,3,14-15,18-20H2,1-2H3,(H,28,33). The third-order valence-electron chi connectivity index (χ3n) is 6.11. The van der Waals surface area contributed by atoms with Crippen LogP contribution in [0.3, 0.4) is 0 Å². The predicted molar refractivity (Wildman–Crippen MR) is 131 cm³/mol. The van der Waals surface area contributed by atoms with Crippen LogP contribution in [0.5, 0.6) is 0 Å². The summed E-state index contributed by atoms with van der Waals surface area (Å²) in [6, 6.07) is 21.8. The molecule has 0 saturated heterocycles. The lowest BCUT2D eigenvalue weighted by Gasteiger charge is -2.28. The topological polar surface area (TPSA) is 57.6 Å². The molecule has 172 valence electrons. The molecule has 0 unspecified atom stereocenters.